The van der Waals surface area contributed by atoms with Crippen LogP contribution in [0.25, 0.3) is 0 Å². The molecule has 2 heteroatoms. The molecule has 0 saturated carbocycles. The Morgan fingerprint density at radius 1 is 1.33 bits per heavy atom. The fraction of sp³-hybridized carbons (Fsp3) is 0.800. The van der Waals surface area contributed by atoms with Crippen LogP contribution in [0.2, 0.25) is 19.6 Å². The zero-order chi connectivity index (χ0) is 9.61. The highest BCUT2D eigenvalue weighted by Gasteiger charge is 2.21. The molecule has 0 rings (SSSR count). The van der Waals surface area contributed by atoms with Gasteiger partial charge in [0, 0.05) is 0 Å². The lowest BCUT2D eigenvalue weighted by Gasteiger charge is -2.20. The third-order valence-corrected chi connectivity index (χ3v) is 3.90. The summed E-state index contributed by atoms with van der Waals surface area (Å²) in [6.45, 7) is 8.73. The van der Waals surface area contributed by atoms with Gasteiger partial charge in [0.05, 0.1) is 13.8 Å². The molecule has 72 valence electrons. The van der Waals surface area contributed by atoms with Gasteiger partial charge in [-0.3, -0.25) is 0 Å². The minimum absolute atomic E-state index is 0.172. The standard InChI is InChI=1S/C10H22OSi/c1-5-6-7-8-9-10(11)12(2,3)4/h8-11H,5-7H2,1-4H3/b9-8-/t10-/m1/s1. The summed E-state index contributed by atoms with van der Waals surface area (Å²) in [5.74, 6) is 0. The van der Waals surface area contributed by atoms with Gasteiger partial charge in [0.2, 0.25) is 0 Å². The average molecular weight is 186 g/mol. The second-order valence-corrected chi connectivity index (χ2v) is 9.70. The zero-order valence-corrected chi connectivity index (χ0v) is 9.80. The van der Waals surface area contributed by atoms with Gasteiger partial charge in [-0.1, -0.05) is 51.6 Å². The summed E-state index contributed by atoms with van der Waals surface area (Å²) >= 11 is 0. The van der Waals surface area contributed by atoms with Crippen LogP contribution < -0.4 is 0 Å². The average Bonchev–Trinajstić information content (AvgIpc) is 1.96. The minimum Gasteiger partial charge on any atom is -0.393 e. The lowest BCUT2D eigenvalue weighted by Crippen LogP contribution is -2.36. The van der Waals surface area contributed by atoms with Crippen molar-refractivity contribution in [3.8, 4) is 0 Å². The van der Waals surface area contributed by atoms with Gasteiger partial charge in [0.15, 0.2) is 0 Å². The van der Waals surface area contributed by atoms with Crippen LogP contribution in [-0.4, -0.2) is 18.9 Å². The van der Waals surface area contributed by atoms with E-state index in [0.29, 0.717) is 0 Å². The molecule has 0 saturated heterocycles. The highest BCUT2D eigenvalue weighted by atomic mass is 28.3. The third-order valence-electron chi connectivity index (χ3n) is 1.93. The zero-order valence-electron chi connectivity index (χ0n) is 8.80. The van der Waals surface area contributed by atoms with Gasteiger partial charge in [0.25, 0.3) is 0 Å². The normalized spacial score (nSPS) is 15.4. The van der Waals surface area contributed by atoms with Crippen molar-refractivity contribution in [1.29, 1.82) is 0 Å². The monoisotopic (exact) mass is 186 g/mol. The van der Waals surface area contributed by atoms with Crippen LogP contribution in [0.4, 0.5) is 0 Å². The maximum absolute atomic E-state index is 9.66. The minimum atomic E-state index is -1.35. The first-order valence-electron chi connectivity index (χ1n) is 4.83. The smallest absolute Gasteiger partial charge is 0.0830 e. The Hall–Kier alpha value is -0.0831. The summed E-state index contributed by atoms with van der Waals surface area (Å²) < 4.78 is 0. The molecule has 0 spiro atoms. The lowest BCUT2D eigenvalue weighted by atomic mass is 10.2. The highest BCUT2D eigenvalue weighted by molar-refractivity contribution is 6.77. The Kier molecular flexibility index (Phi) is 5.50. The van der Waals surface area contributed by atoms with Gasteiger partial charge < -0.3 is 5.11 Å². The molecule has 0 amide bonds. The molecule has 0 aliphatic heterocycles. The van der Waals surface area contributed by atoms with Crippen LogP contribution >= 0.6 is 0 Å². The van der Waals surface area contributed by atoms with E-state index in [-0.39, 0.29) is 5.73 Å². The molecule has 1 nitrogen and oxygen atoms in total. The first-order chi connectivity index (χ1) is 5.48. The predicted molar refractivity (Wildman–Crippen MR) is 58.0 cm³/mol. The van der Waals surface area contributed by atoms with Crippen molar-refractivity contribution in [3.63, 3.8) is 0 Å². The molecule has 0 unspecified atom stereocenters. The Morgan fingerprint density at radius 3 is 2.33 bits per heavy atom. The molecular formula is C10H22OSi. The summed E-state index contributed by atoms with van der Waals surface area (Å²) in [6.07, 6.45) is 7.66. The molecular weight excluding hydrogens is 164 g/mol. The van der Waals surface area contributed by atoms with Gasteiger partial charge in [0.1, 0.15) is 0 Å². The summed E-state index contributed by atoms with van der Waals surface area (Å²) in [4.78, 5) is 0. The van der Waals surface area contributed by atoms with Crippen molar-refractivity contribution in [2.45, 2.75) is 51.6 Å². The summed E-state index contributed by atoms with van der Waals surface area (Å²) in [5.41, 5.74) is -0.172. The predicted octanol–water partition coefficient (Wildman–Crippen LogP) is 2.97. The van der Waals surface area contributed by atoms with Crippen LogP contribution in [0.1, 0.15) is 26.2 Å². The van der Waals surface area contributed by atoms with Crippen LogP contribution in [0.3, 0.4) is 0 Å². The maximum atomic E-state index is 9.66. The molecule has 0 aromatic carbocycles. The van der Waals surface area contributed by atoms with Gasteiger partial charge in [-0.05, 0) is 6.42 Å². The van der Waals surface area contributed by atoms with Gasteiger partial charge in [-0.25, -0.2) is 0 Å². The molecule has 0 aromatic heterocycles. The van der Waals surface area contributed by atoms with Crippen molar-refractivity contribution < 1.29 is 5.11 Å². The molecule has 1 atom stereocenters. The fourth-order valence-corrected chi connectivity index (χ4v) is 1.55. The molecule has 0 aromatic rings. The van der Waals surface area contributed by atoms with Crippen molar-refractivity contribution in [2.24, 2.45) is 0 Å². The molecule has 0 radical (unpaired) electrons. The van der Waals surface area contributed by atoms with E-state index < -0.39 is 8.07 Å². The van der Waals surface area contributed by atoms with E-state index in [4.69, 9.17) is 0 Å². The van der Waals surface area contributed by atoms with E-state index in [1.807, 2.05) is 6.08 Å². The Bertz CT molecular complexity index is 135. The number of hydrogen-bond donors (Lipinski definition) is 1. The van der Waals surface area contributed by atoms with Gasteiger partial charge >= 0.3 is 0 Å². The Balaban J connectivity index is 3.68. The number of aliphatic hydroxyl groups excluding tert-OH is 1. The van der Waals surface area contributed by atoms with Crippen molar-refractivity contribution >= 4 is 8.07 Å². The highest BCUT2D eigenvalue weighted by Crippen LogP contribution is 2.09. The first kappa shape index (κ1) is 11.9. The van der Waals surface area contributed by atoms with Crippen LogP contribution in [0.15, 0.2) is 12.2 Å². The third kappa shape index (κ3) is 5.55. The molecule has 0 aliphatic carbocycles. The number of aliphatic hydroxyl groups is 1. The summed E-state index contributed by atoms with van der Waals surface area (Å²) in [5, 5.41) is 9.66. The first-order valence-corrected chi connectivity index (χ1v) is 8.41. The molecule has 12 heavy (non-hydrogen) atoms. The van der Waals surface area contributed by atoms with E-state index in [9.17, 15) is 5.11 Å². The molecule has 0 bridgehead atoms. The SMILES string of the molecule is CCCC/C=C\[C@H](O)[Si](C)(C)C. The van der Waals surface area contributed by atoms with E-state index in [2.05, 4.69) is 32.6 Å². The van der Waals surface area contributed by atoms with E-state index in [1.165, 1.54) is 12.8 Å². The van der Waals surface area contributed by atoms with Crippen LogP contribution in [0, 0.1) is 0 Å². The topological polar surface area (TPSA) is 20.2 Å². The lowest BCUT2D eigenvalue weighted by molar-refractivity contribution is 0.290. The largest absolute Gasteiger partial charge is 0.393 e. The number of unbranched alkanes of at least 4 members (excludes halogenated alkanes) is 2. The number of hydrogen-bond acceptors (Lipinski definition) is 1. The number of rotatable bonds is 5. The van der Waals surface area contributed by atoms with Gasteiger partial charge in [-0.15, -0.1) is 0 Å². The van der Waals surface area contributed by atoms with Crippen LogP contribution in [-0.2, 0) is 0 Å². The Morgan fingerprint density at radius 2 is 1.92 bits per heavy atom. The second-order valence-electron chi connectivity index (χ2n) is 4.38. The molecule has 0 heterocycles. The Labute approximate surface area is 77.5 Å². The van der Waals surface area contributed by atoms with Crippen molar-refractivity contribution in [3.05, 3.63) is 12.2 Å². The number of allylic oxidation sites excluding steroid dienone is 1. The van der Waals surface area contributed by atoms with Gasteiger partial charge in [-0.2, -0.15) is 0 Å². The summed E-state index contributed by atoms with van der Waals surface area (Å²) in [7, 11) is -1.35. The molecule has 1 N–H and O–H groups in total. The van der Waals surface area contributed by atoms with Crippen molar-refractivity contribution in [1.82, 2.24) is 0 Å². The molecule has 0 aliphatic rings. The fourth-order valence-electron chi connectivity index (χ4n) is 0.836. The van der Waals surface area contributed by atoms with E-state index in [0.717, 1.165) is 6.42 Å². The quantitative estimate of drug-likeness (QED) is 0.397. The van der Waals surface area contributed by atoms with E-state index in [1.54, 1.807) is 0 Å². The molecule has 0 fully saturated rings. The van der Waals surface area contributed by atoms with Crippen LogP contribution in [0.5, 0.6) is 0 Å². The maximum Gasteiger partial charge on any atom is 0.0830 e. The van der Waals surface area contributed by atoms with Crippen molar-refractivity contribution in [2.75, 3.05) is 0 Å². The van der Waals surface area contributed by atoms with E-state index >= 15 is 0 Å². The second kappa shape index (κ2) is 5.54. The summed E-state index contributed by atoms with van der Waals surface area (Å²) in [6, 6.07) is 0.